The van der Waals surface area contributed by atoms with Crippen LogP contribution in [0.1, 0.15) is 119 Å². The number of phenols is 1. The van der Waals surface area contributed by atoms with Gasteiger partial charge in [-0.3, -0.25) is 4.79 Å². The number of carbonyl (C=O) groups excluding carboxylic acids is 1. The Morgan fingerprint density at radius 1 is 0.964 bits per heavy atom. The first-order valence-electron chi connectivity index (χ1n) is 11.7. The highest BCUT2D eigenvalue weighted by atomic mass is 16.5. The molecular formula is C25H38O3. The molecule has 1 saturated carbocycles. The molecule has 28 heavy (non-hydrogen) atoms. The van der Waals surface area contributed by atoms with Crippen molar-refractivity contribution in [3.05, 3.63) is 23.3 Å². The molecule has 1 aromatic carbocycles. The Labute approximate surface area is 170 Å². The minimum atomic E-state index is 0.108. The lowest BCUT2D eigenvalue weighted by molar-refractivity contribution is 0.0940. The van der Waals surface area contributed by atoms with E-state index in [1.807, 2.05) is 6.07 Å². The first kappa shape index (κ1) is 21.2. The van der Waals surface area contributed by atoms with Crippen LogP contribution in [0, 0.1) is 5.92 Å². The van der Waals surface area contributed by atoms with Crippen LogP contribution in [-0.2, 0) is 0 Å². The number of aromatic hydroxyl groups is 1. The predicted molar refractivity (Wildman–Crippen MR) is 114 cm³/mol. The molecule has 0 unspecified atom stereocenters. The van der Waals surface area contributed by atoms with E-state index in [0.29, 0.717) is 30.4 Å². The molecule has 0 saturated heterocycles. The first-order chi connectivity index (χ1) is 13.7. The van der Waals surface area contributed by atoms with Gasteiger partial charge in [0.25, 0.3) is 0 Å². The molecule has 0 amide bonds. The number of fused-ring (bicyclic) bond motifs is 3. The highest BCUT2D eigenvalue weighted by molar-refractivity contribution is 6.01. The van der Waals surface area contributed by atoms with Gasteiger partial charge in [-0.05, 0) is 42.7 Å². The Kier molecular flexibility index (Phi) is 8.24. The standard InChI is InChI=1S/C25H38O3/c1-2-3-4-5-6-7-8-9-10-11-15-28-20-17-22-21-14-12-13-19(21)16-23(26)25(22)24(27)18-20/h17-19,21,27H,2-16H2,1H3/t19-,21+/m0/s1. The third-order valence-corrected chi connectivity index (χ3v) is 6.67. The van der Waals surface area contributed by atoms with Gasteiger partial charge in [-0.2, -0.15) is 0 Å². The normalized spacial score (nSPS) is 20.8. The van der Waals surface area contributed by atoms with E-state index < -0.39 is 0 Å². The van der Waals surface area contributed by atoms with Crippen molar-refractivity contribution in [1.82, 2.24) is 0 Å². The average Bonchev–Trinajstić information content (AvgIpc) is 3.14. The minimum absolute atomic E-state index is 0.108. The molecule has 3 nitrogen and oxygen atoms in total. The smallest absolute Gasteiger partial charge is 0.167 e. The monoisotopic (exact) mass is 386 g/mol. The number of hydrogen-bond acceptors (Lipinski definition) is 3. The zero-order valence-corrected chi connectivity index (χ0v) is 17.7. The fourth-order valence-corrected chi connectivity index (χ4v) is 5.11. The maximum atomic E-state index is 12.4. The van der Waals surface area contributed by atoms with E-state index in [1.54, 1.807) is 6.07 Å². The summed E-state index contributed by atoms with van der Waals surface area (Å²) in [4.78, 5) is 12.4. The number of carbonyl (C=O) groups is 1. The van der Waals surface area contributed by atoms with Crippen molar-refractivity contribution in [2.75, 3.05) is 6.61 Å². The molecule has 1 N–H and O–H groups in total. The van der Waals surface area contributed by atoms with Crippen molar-refractivity contribution in [2.24, 2.45) is 5.92 Å². The maximum absolute atomic E-state index is 12.4. The average molecular weight is 387 g/mol. The molecular weight excluding hydrogens is 348 g/mol. The molecule has 2 atom stereocenters. The molecule has 0 heterocycles. The maximum Gasteiger partial charge on any atom is 0.167 e. The highest BCUT2D eigenvalue weighted by Gasteiger charge is 2.38. The Hall–Kier alpha value is -1.51. The van der Waals surface area contributed by atoms with Crippen LogP contribution in [0.5, 0.6) is 11.5 Å². The number of phenolic OH excluding ortho intramolecular Hbond substituents is 1. The fraction of sp³-hybridized carbons (Fsp3) is 0.720. The summed E-state index contributed by atoms with van der Waals surface area (Å²) in [5.74, 6) is 1.85. The second kappa shape index (κ2) is 10.9. The van der Waals surface area contributed by atoms with E-state index in [1.165, 1.54) is 64.2 Å². The van der Waals surface area contributed by atoms with Crippen LogP contribution < -0.4 is 4.74 Å². The largest absolute Gasteiger partial charge is 0.507 e. The Morgan fingerprint density at radius 3 is 2.36 bits per heavy atom. The number of rotatable bonds is 12. The van der Waals surface area contributed by atoms with Gasteiger partial charge in [0.05, 0.1) is 12.2 Å². The second-order valence-electron chi connectivity index (χ2n) is 8.86. The van der Waals surface area contributed by atoms with Gasteiger partial charge in [0.2, 0.25) is 0 Å². The SMILES string of the molecule is CCCCCCCCCCCCOc1cc(O)c2c(c1)[C@@H]1CCC[C@H]1CC2=O. The van der Waals surface area contributed by atoms with Crippen molar-refractivity contribution in [3.8, 4) is 11.5 Å². The molecule has 0 spiro atoms. The number of unbranched alkanes of at least 4 members (excludes halogenated alkanes) is 9. The first-order valence-corrected chi connectivity index (χ1v) is 11.7. The van der Waals surface area contributed by atoms with Crippen LogP contribution >= 0.6 is 0 Å². The van der Waals surface area contributed by atoms with E-state index in [0.717, 1.165) is 30.6 Å². The van der Waals surface area contributed by atoms with Crippen LogP contribution in [0.2, 0.25) is 0 Å². The van der Waals surface area contributed by atoms with E-state index in [9.17, 15) is 9.90 Å². The summed E-state index contributed by atoms with van der Waals surface area (Å²) in [7, 11) is 0. The van der Waals surface area contributed by atoms with Crippen molar-refractivity contribution in [2.45, 2.75) is 103 Å². The quantitative estimate of drug-likeness (QED) is 0.388. The molecule has 1 fully saturated rings. The zero-order chi connectivity index (χ0) is 19.8. The Bertz CT molecular complexity index is 637. The zero-order valence-electron chi connectivity index (χ0n) is 17.7. The van der Waals surface area contributed by atoms with E-state index in [2.05, 4.69) is 6.92 Å². The third-order valence-electron chi connectivity index (χ3n) is 6.67. The summed E-state index contributed by atoms with van der Waals surface area (Å²) < 4.78 is 5.94. The summed E-state index contributed by atoms with van der Waals surface area (Å²) >= 11 is 0. The lowest BCUT2D eigenvalue weighted by Gasteiger charge is -2.28. The summed E-state index contributed by atoms with van der Waals surface area (Å²) in [6, 6.07) is 3.67. The lowest BCUT2D eigenvalue weighted by Crippen LogP contribution is -2.21. The topological polar surface area (TPSA) is 46.5 Å². The number of benzene rings is 1. The van der Waals surface area contributed by atoms with Crippen LogP contribution in [0.4, 0.5) is 0 Å². The Balaban J connectivity index is 1.38. The van der Waals surface area contributed by atoms with Gasteiger partial charge in [0.1, 0.15) is 11.5 Å². The number of Topliss-reactive ketones (excluding diaryl/α,β-unsaturated/α-hetero) is 1. The fourth-order valence-electron chi connectivity index (χ4n) is 5.11. The van der Waals surface area contributed by atoms with Crippen molar-refractivity contribution in [3.63, 3.8) is 0 Å². The van der Waals surface area contributed by atoms with Crippen LogP contribution in [0.3, 0.4) is 0 Å². The minimum Gasteiger partial charge on any atom is -0.507 e. The molecule has 156 valence electrons. The van der Waals surface area contributed by atoms with Gasteiger partial charge >= 0.3 is 0 Å². The summed E-state index contributed by atoms with van der Waals surface area (Å²) in [5.41, 5.74) is 1.60. The van der Waals surface area contributed by atoms with Crippen molar-refractivity contribution < 1.29 is 14.6 Å². The van der Waals surface area contributed by atoms with Crippen LogP contribution in [0.25, 0.3) is 0 Å². The summed E-state index contributed by atoms with van der Waals surface area (Å²) in [6.07, 6.45) is 17.2. The van der Waals surface area contributed by atoms with Crippen LogP contribution in [-0.4, -0.2) is 17.5 Å². The third kappa shape index (κ3) is 5.52. The Morgan fingerprint density at radius 2 is 1.64 bits per heavy atom. The molecule has 0 aromatic heterocycles. The van der Waals surface area contributed by atoms with E-state index in [4.69, 9.17) is 4.74 Å². The number of ether oxygens (including phenoxy) is 1. The van der Waals surface area contributed by atoms with E-state index in [-0.39, 0.29) is 11.5 Å². The summed E-state index contributed by atoms with van der Waals surface area (Å²) in [6.45, 7) is 2.95. The predicted octanol–water partition coefficient (Wildman–Crippen LogP) is 7.16. The van der Waals surface area contributed by atoms with Crippen LogP contribution in [0.15, 0.2) is 12.1 Å². The van der Waals surface area contributed by atoms with Crippen molar-refractivity contribution in [1.29, 1.82) is 0 Å². The van der Waals surface area contributed by atoms with Gasteiger partial charge < -0.3 is 9.84 Å². The molecule has 2 aliphatic carbocycles. The van der Waals surface area contributed by atoms with Gasteiger partial charge in [-0.1, -0.05) is 71.1 Å². The summed E-state index contributed by atoms with van der Waals surface area (Å²) in [5, 5.41) is 10.4. The van der Waals surface area contributed by atoms with E-state index >= 15 is 0 Å². The van der Waals surface area contributed by atoms with Gasteiger partial charge in [0, 0.05) is 12.5 Å². The molecule has 0 aliphatic heterocycles. The molecule has 1 aromatic rings. The molecule has 0 bridgehead atoms. The molecule has 0 radical (unpaired) electrons. The van der Waals surface area contributed by atoms with Gasteiger partial charge in [0.15, 0.2) is 5.78 Å². The second-order valence-corrected chi connectivity index (χ2v) is 8.86. The van der Waals surface area contributed by atoms with Gasteiger partial charge in [-0.25, -0.2) is 0 Å². The molecule has 2 aliphatic rings. The molecule has 3 rings (SSSR count). The highest BCUT2D eigenvalue weighted by Crippen LogP contribution is 2.49. The van der Waals surface area contributed by atoms with Gasteiger partial charge in [-0.15, -0.1) is 0 Å². The lowest BCUT2D eigenvalue weighted by atomic mass is 9.76. The number of ketones is 1. The van der Waals surface area contributed by atoms with Crippen molar-refractivity contribution >= 4 is 5.78 Å². The molecule has 3 heteroatoms. The number of hydrogen-bond donors (Lipinski definition) is 1.